The van der Waals surface area contributed by atoms with Gasteiger partial charge in [0.15, 0.2) is 0 Å². The molecule has 1 aliphatic heterocycles. The Hall–Kier alpha value is -0.610. The van der Waals surface area contributed by atoms with Crippen LogP contribution < -0.4 is 5.73 Å². The Labute approximate surface area is 98.1 Å². The van der Waals surface area contributed by atoms with E-state index in [1.807, 2.05) is 4.90 Å². The molecule has 0 saturated carbocycles. The number of hydrogen-bond donors (Lipinski definition) is 1. The zero-order chi connectivity index (χ0) is 12.1. The van der Waals surface area contributed by atoms with E-state index >= 15 is 0 Å². The molecule has 16 heavy (non-hydrogen) atoms. The van der Waals surface area contributed by atoms with Gasteiger partial charge in [0.05, 0.1) is 0 Å². The van der Waals surface area contributed by atoms with Crippen LogP contribution in [0.5, 0.6) is 0 Å². The summed E-state index contributed by atoms with van der Waals surface area (Å²) in [6.45, 7) is 6.11. The lowest BCUT2D eigenvalue weighted by molar-refractivity contribution is -0.137. The van der Waals surface area contributed by atoms with Crippen LogP contribution >= 0.6 is 0 Å². The smallest absolute Gasteiger partial charge is 0.248 e. The molecule has 4 heteroatoms. The summed E-state index contributed by atoms with van der Waals surface area (Å²) in [5.41, 5.74) is 6.12. The maximum atomic E-state index is 11.6. The molecule has 0 aromatic carbocycles. The monoisotopic (exact) mass is 228 g/mol. The van der Waals surface area contributed by atoms with Gasteiger partial charge in [-0.3, -0.25) is 4.79 Å². The number of likely N-dealkylation sites (tertiary alicyclic amines) is 1. The van der Waals surface area contributed by atoms with Crippen molar-refractivity contribution in [2.24, 2.45) is 17.6 Å². The van der Waals surface area contributed by atoms with Crippen LogP contribution in [0.15, 0.2) is 0 Å². The molecule has 1 rings (SSSR count). The number of hydrogen-bond acceptors (Lipinski definition) is 3. The highest BCUT2D eigenvalue weighted by atomic mass is 16.5. The molecule has 2 unspecified atom stereocenters. The number of piperidine rings is 1. The molecular formula is C12H24N2O2. The lowest BCUT2D eigenvalue weighted by atomic mass is 9.85. The number of amides is 1. The predicted octanol–water partition coefficient (Wildman–Crippen LogP) is 0.855. The molecule has 1 saturated heterocycles. The van der Waals surface area contributed by atoms with Gasteiger partial charge >= 0.3 is 0 Å². The molecule has 0 spiro atoms. The Balaban J connectivity index is 2.41. The molecule has 0 radical (unpaired) electrons. The van der Waals surface area contributed by atoms with Gasteiger partial charge in [0.1, 0.15) is 6.61 Å². The molecule has 0 aromatic rings. The molecule has 1 fully saturated rings. The first-order valence-electron chi connectivity index (χ1n) is 6.07. The molecule has 0 bridgehead atoms. The van der Waals surface area contributed by atoms with Crippen molar-refractivity contribution in [2.75, 3.05) is 26.8 Å². The molecule has 2 atom stereocenters. The van der Waals surface area contributed by atoms with Crippen molar-refractivity contribution in [1.29, 1.82) is 0 Å². The van der Waals surface area contributed by atoms with Crippen LogP contribution in [0.3, 0.4) is 0 Å². The number of carbonyl (C=O) groups is 1. The van der Waals surface area contributed by atoms with Crippen LogP contribution in [0, 0.1) is 11.8 Å². The number of ether oxygens (including phenoxy) is 1. The Kier molecular flexibility index (Phi) is 5.22. The molecular weight excluding hydrogens is 204 g/mol. The molecule has 1 heterocycles. The molecule has 2 N–H and O–H groups in total. The zero-order valence-electron chi connectivity index (χ0n) is 10.6. The van der Waals surface area contributed by atoms with Gasteiger partial charge in [0.25, 0.3) is 0 Å². The molecule has 1 aliphatic rings. The summed E-state index contributed by atoms with van der Waals surface area (Å²) >= 11 is 0. The summed E-state index contributed by atoms with van der Waals surface area (Å²) in [7, 11) is 1.54. The minimum Gasteiger partial charge on any atom is -0.375 e. The first-order valence-corrected chi connectivity index (χ1v) is 6.07. The summed E-state index contributed by atoms with van der Waals surface area (Å²) in [5, 5.41) is 0. The van der Waals surface area contributed by atoms with E-state index in [0.717, 1.165) is 19.4 Å². The van der Waals surface area contributed by atoms with Gasteiger partial charge in [-0.15, -0.1) is 0 Å². The fourth-order valence-electron chi connectivity index (χ4n) is 2.37. The summed E-state index contributed by atoms with van der Waals surface area (Å²) in [6, 6.07) is 0.122. The van der Waals surface area contributed by atoms with Crippen molar-refractivity contribution in [3.8, 4) is 0 Å². The second-order valence-electron chi connectivity index (χ2n) is 5.11. The van der Waals surface area contributed by atoms with Gasteiger partial charge in [0.2, 0.25) is 5.91 Å². The van der Waals surface area contributed by atoms with Crippen LogP contribution in [0.1, 0.15) is 26.7 Å². The zero-order valence-corrected chi connectivity index (χ0v) is 10.6. The molecule has 0 aliphatic carbocycles. The van der Waals surface area contributed by atoms with Crippen molar-refractivity contribution >= 4 is 5.91 Å². The van der Waals surface area contributed by atoms with Gasteiger partial charge < -0.3 is 15.4 Å². The lowest BCUT2D eigenvalue weighted by Crippen LogP contribution is -2.51. The number of rotatable bonds is 4. The molecule has 94 valence electrons. The van der Waals surface area contributed by atoms with Crippen molar-refractivity contribution < 1.29 is 9.53 Å². The first kappa shape index (κ1) is 13.5. The van der Waals surface area contributed by atoms with Gasteiger partial charge in [-0.25, -0.2) is 0 Å². The summed E-state index contributed by atoms with van der Waals surface area (Å²) < 4.78 is 4.85. The predicted molar refractivity (Wildman–Crippen MR) is 64.0 cm³/mol. The highest BCUT2D eigenvalue weighted by Gasteiger charge is 2.29. The summed E-state index contributed by atoms with van der Waals surface area (Å²) in [4.78, 5) is 13.4. The van der Waals surface area contributed by atoms with E-state index in [0.29, 0.717) is 18.4 Å². The highest BCUT2D eigenvalue weighted by molar-refractivity contribution is 5.77. The van der Waals surface area contributed by atoms with Crippen LogP contribution in [-0.4, -0.2) is 43.7 Å². The maximum Gasteiger partial charge on any atom is 0.248 e. The van der Waals surface area contributed by atoms with Gasteiger partial charge in [-0.05, 0) is 24.7 Å². The van der Waals surface area contributed by atoms with E-state index < -0.39 is 0 Å². The SMILES string of the molecule is COCC(=O)N1CCC(CC(C)C)C(N)C1. The minimum atomic E-state index is 0.0564. The quantitative estimate of drug-likeness (QED) is 0.776. The van der Waals surface area contributed by atoms with E-state index in [9.17, 15) is 4.79 Å². The summed E-state index contributed by atoms with van der Waals surface area (Å²) in [5.74, 6) is 1.30. The van der Waals surface area contributed by atoms with Crippen LogP contribution in [0.4, 0.5) is 0 Å². The van der Waals surface area contributed by atoms with Crippen molar-refractivity contribution in [3.05, 3.63) is 0 Å². The fourth-order valence-corrected chi connectivity index (χ4v) is 2.37. The van der Waals surface area contributed by atoms with E-state index in [2.05, 4.69) is 13.8 Å². The molecule has 1 amide bonds. The second-order valence-corrected chi connectivity index (χ2v) is 5.11. The highest BCUT2D eigenvalue weighted by Crippen LogP contribution is 2.23. The van der Waals surface area contributed by atoms with Gasteiger partial charge in [-0.1, -0.05) is 13.8 Å². The topological polar surface area (TPSA) is 55.6 Å². The van der Waals surface area contributed by atoms with Crippen molar-refractivity contribution in [3.63, 3.8) is 0 Å². The third-order valence-electron chi connectivity index (χ3n) is 3.20. The van der Waals surface area contributed by atoms with E-state index in [1.54, 1.807) is 7.11 Å². The number of carbonyl (C=O) groups excluding carboxylic acids is 1. The lowest BCUT2D eigenvalue weighted by Gasteiger charge is -2.37. The average molecular weight is 228 g/mol. The summed E-state index contributed by atoms with van der Waals surface area (Å²) in [6.07, 6.45) is 2.18. The van der Waals surface area contributed by atoms with Crippen LogP contribution in [0.25, 0.3) is 0 Å². The maximum absolute atomic E-state index is 11.6. The largest absolute Gasteiger partial charge is 0.375 e. The Morgan fingerprint density at radius 3 is 2.75 bits per heavy atom. The standard InChI is InChI=1S/C12H24N2O2/c1-9(2)6-10-4-5-14(7-11(10)13)12(15)8-16-3/h9-11H,4-8,13H2,1-3H3. The minimum absolute atomic E-state index is 0.0564. The number of nitrogens with zero attached hydrogens (tertiary/aromatic N) is 1. The Morgan fingerprint density at radius 1 is 1.56 bits per heavy atom. The number of nitrogens with two attached hydrogens (primary N) is 1. The van der Waals surface area contributed by atoms with Crippen molar-refractivity contribution in [1.82, 2.24) is 4.90 Å². The molecule has 4 nitrogen and oxygen atoms in total. The second kappa shape index (κ2) is 6.21. The third-order valence-corrected chi connectivity index (χ3v) is 3.20. The van der Waals surface area contributed by atoms with Crippen LogP contribution in [0.2, 0.25) is 0 Å². The fraction of sp³-hybridized carbons (Fsp3) is 0.917. The van der Waals surface area contributed by atoms with Gasteiger partial charge in [0, 0.05) is 26.2 Å². The van der Waals surface area contributed by atoms with Crippen LogP contribution in [-0.2, 0) is 9.53 Å². The average Bonchev–Trinajstić information content (AvgIpc) is 2.20. The van der Waals surface area contributed by atoms with E-state index in [4.69, 9.17) is 10.5 Å². The third kappa shape index (κ3) is 3.76. The van der Waals surface area contributed by atoms with Crippen molar-refractivity contribution in [2.45, 2.75) is 32.7 Å². The van der Waals surface area contributed by atoms with E-state index in [-0.39, 0.29) is 18.6 Å². The Morgan fingerprint density at radius 2 is 2.25 bits per heavy atom. The first-order chi connectivity index (χ1) is 7.54. The van der Waals surface area contributed by atoms with Gasteiger partial charge in [-0.2, -0.15) is 0 Å². The molecule has 0 aromatic heterocycles. The Bertz CT molecular complexity index is 231. The number of methoxy groups -OCH3 is 1. The normalized spacial score (nSPS) is 26.2. The van der Waals surface area contributed by atoms with E-state index in [1.165, 1.54) is 0 Å².